The van der Waals surface area contributed by atoms with Gasteiger partial charge >= 0.3 is 0 Å². The number of aromatic nitrogens is 1. The quantitative estimate of drug-likeness (QED) is 0.901. The second kappa shape index (κ2) is 4.59. The normalized spacial score (nSPS) is 15.8. The molecule has 0 radical (unpaired) electrons. The summed E-state index contributed by atoms with van der Waals surface area (Å²) in [5.74, 6) is 0. The molecule has 1 heterocycles. The number of rotatable bonds is 3. The van der Waals surface area contributed by atoms with Crippen LogP contribution < -0.4 is 5.73 Å². The number of hydrogen-bond acceptors (Lipinski definition) is 3. The van der Waals surface area contributed by atoms with Crippen LogP contribution in [0.1, 0.15) is 34.0 Å². The van der Waals surface area contributed by atoms with Gasteiger partial charge in [0.05, 0.1) is 5.51 Å². The maximum Gasteiger partial charge on any atom is 0.0794 e. The van der Waals surface area contributed by atoms with E-state index in [1.165, 1.54) is 40.8 Å². The van der Waals surface area contributed by atoms with E-state index in [4.69, 9.17) is 5.73 Å². The topological polar surface area (TPSA) is 38.9 Å². The van der Waals surface area contributed by atoms with Crippen molar-refractivity contribution >= 4 is 11.3 Å². The molecule has 0 saturated heterocycles. The average molecular weight is 244 g/mol. The number of nitrogens with two attached hydrogens (primary N) is 1. The van der Waals surface area contributed by atoms with Crippen molar-refractivity contribution in [1.82, 2.24) is 4.98 Å². The fourth-order valence-corrected chi connectivity index (χ4v) is 3.14. The Bertz CT molecular complexity index is 505. The van der Waals surface area contributed by atoms with Gasteiger partial charge in [-0.1, -0.05) is 18.2 Å². The van der Waals surface area contributed by atoms with Crippen LogP contribution in [0, 0.1) is 0 Å². The lowest BCUT2D eigenvalue weighted by atomic mass is 10.0. The minimum absolute atomic E-state index is 0.0851. The van der Waals surface area contributed by atoms with Crippen molar-refractivity contribution in [2.45, 2.75) is 31.7 Å². The van der Waals surface area contributed by atoms with Crippen molar-refractivity contribution in [3.63, 3.8) is 0 Å². The highest BCUT2D eigenvalue weighted by molar-refractivity contribution is 7.09. The zero-order chi connectivity index (χ0) is 11.7. The molecular weight excluding hydrogens is 228 g/mol. The van der Waals surface area contributed by atoms with Crippen LogP contribution in [0.2, 0.25) is 0 Å². The summed E-state index contributed by atoms with van der Waals surface area (Å²) in [6.07, 6.45) is 6.58. The molecule has 3 rings (SSSR count). The maximum absolute atomic E-state index is 6.19. The third kappa shape index (κ3) is 2.26. The summed E-state index contributed by atoms with van der Waals surface area (Å²) < 4.78 is 0. The van der Waals surface area contributed by atoms with Crippen molar-refractivity contribution < 1.29 is 0 Å². The molecule has 1 atom stereocenters. The molecule has 0 bridgehead atoms. The zero-order valence-electron chi connectivity index (χ0n) is 9.73. The zero-order valence-corrected chi connectivity index (χ0v) is 10.5. The first-order chi connectivity index (χ1) is 8.33. The average Bonchev–Trinajstić information content (AvgIpc) is 2.99. The summed E-state index contributed by atoms with van der Waals surface area (Å²) in [5.41, 5.74) is 12.4. The van der Waals surface area contributed by atoms with Crippen LogP contribution in [0.5, 0.6) is 0 Å². The number of nitrogens with zero attached hydrogens (tertiary/aromatic N) is 1. The van der Waals surface area contributed by atoms with Gasteiger partial charge < -0.3 is 5.73 Å². The standard InChI is InChI=1S/C14H16N2S/c15-13(14-8-16-9-17-14)7-10-4-5-11-2-1-3-12(11)6-10/h4-6,8-9,13H,1-3,7,15H2. The molecular formula is C14H16N2S. The van der Waals surface area contributed by atoms with E-state index >= 15 is 0 Å². The minimum Gasteiger partial charge on any atom is -0.323 e. The van der Waals surface area contributed by atoms with Crippen molar-refractivity contribution in [1.29, 1.82) is 0 Å². The second-order valence-corrected chi connectivity index (χ2v) is 5.59. The lowest BCUT2D eigenvalue weighted by Crippen LogP contribution is -2.12. The highest BCUT2D eigenvalue weighted by atomic mass is 32.1. The Morgan fingerprint density at radius 3 is 3.00 bits per heavy atom. The van der Waals surface area contributed by atoms with E-state index in [1.807, 2.05) is 11.7 Å². The maximum atomic E-state index is 6.19. The van der Waals surface area contributed by atoms with E-state index in [0.717, 1.165) is 6.42 Å². The number of hydrogen-bond donors (Lipinski definition) is 1. The number of thiazole rings is 1. The van der Waals surface area contributed by atoms with Gasteiger partial charge in [0.25, 0.3) is 0 Å². The number of aryl methyl sites for hydroxylation is 2. The molecule has 2 aromatic rings. The Balaban J connectivity index is 1.77. The molecule has 2 nitrogen and oxygen atoms in total. The van der Waals surface area contributed by atoms with Crippen molar-refractivity contribution in [2.75, 3.05) is 0 Å². The van der Waals surface area contributed by atoms with Crippen LogP contribution in [-0.2, 0) is 19.3 Å². The van der Waals surface area contributed by atoms with Gasteiger partial charge in [0.1, 0.15) is 0 Å². The third-order valence-corrected chi connectivity index (χ3v) is 4.34. The van der Waals surface area contributed by atoms with Crippen molar-refractivity contribution in [3.05, 3.63) is 51.5 Å². The van der Waals surface area contributed by atoms with Gasteiger partial charge in [-0.3, -0.25) is 4.98 Å². The van der Waals surface area contributed by atoms with E-state index < -0.39 is 0 Å². The molecule has 0 aliphatic heterocycles. The predicted octanol–water partition coefficient (Wildman–Crippen LogP) is 2.87. The van der Waals surface area contributed by atoms with Crippen molar-refractivity contribution in [3.8, 4) is 0 Å². The predicted molar refractivity (Wildman–Crippen MR) is 71.2 cm³/mol. The molecule has 17 heavy (non-hydrogen) atoms. The lowest BCUT2D eigenvalue weighted by Gasteiger charge is -2.10. The minimum atomic E-state index is 0.0851. The summed E-state index contributed by atoms with van der Waals surface area (Å²) in [6.45, 7) is 0. The SMILES string of the molecule is NC(Cc1ccc2c(c1)CCC2)c1cncs1. The molecule has 2 N–H and O–H groups in total. The molecule has 1 aromatic carbocycles. The van der Waals surface area contributed by atoms with Gasteiger partial charge in [0, 0.05) is 17.1 Å². The van der Waals surface area contributed by atoms with Crippen LogP contribution in [0.25, 0.3) is 0 Å². The molecule has 1 aromatic heterocycles. The van der Waals surface area contributed by atoms with Gasteiger partial charge in [0.2, 0.25) is 0 Å². The molecule has 0 spiro atoms. The van der Waals surface area contributed by atoms with Gasteiger partial charge in [0.15, 0.2) is 0 Å². The number of benzene rings is 1. The van der Waals surface area contributed by atoms with E-state index in [2.05, 4.69) is 23.2 Å². The molecule has 0 amide bonds. The Hall–Kier alpha value is -1.19. The Morgan fingerprint density at radius 1 is 1.29 bits per heavy atom. The molecule has 1 unspecified atom stereocenters. The molecule has 3 heteroatoms. The van der Waals surface area contributed by atoms with E-state index in [-0.39, 0.29) is 6.04 Å². The van der Waals surface area contributed by atoms with Gasteiger partial charge in [-0.2, -0.15) is 0 Å². The third-order valence-electron chi connectivity index (χ3n) is 3.44. The lowest BCUT2D eigenvalue weighted by molar-refractivity contribution is 0.734. The fraction of sp³-hybridized carbons (Fsp3) is 0.357. The van der Waals surface area contributed by atoms with Gasteiger partial charge in [-0.15, -0.1) is 11.3 Å². The molecule has 1 aliphatic rings. The largest absolute Gasteiger partial charge is 0.323 e. The Labute approximate surface area is 106 Å². The first kappa shape index (κ1) is 10.9. The highest BCUT2D eigenvalue weighted by Crippen LogP contribution is 2.25. The summed E-state index contributed by atoms with van der Waals surface area (Å²) >= 11 is 1.64. The van der Waals surface area contributed by atoms with Crippen LogP contribution in [0.15, 0.2) is 29.9 Å². The van der Waals surface area contributed by atoms with Gasteiger partial charge in [-0.25, -0.2) is 0 Å². The second-order valence-electron chi connectivity index (χ2n) is 4.67. The van der Waals surface area contributed by atoms with Crippen LogP contribution in [0.4, 0.5) is 0 Å². The first-order valence-corrected chi connectivity index (χ1v) is 6.95. The molecule has 0 fully saturated rings. The number of fused-ring (bicyclic) bond motifs is 1. The summed E-state index contributed by atoms with van der Waals surface area (Å²) in [4.78, 5) is 5.25. The monoisotopic (exact) mass is 244 g/mol. The summed E-state index contributed by atoms with van der Waals surface area (Å²) in [6, 6.07) is 6.92. The fourth-order valence-electron chi connectivity index (χ4n) is 2.52. The molecule has 1 aliphatic carbocycles. The first-order valence-electron chi connectivity index (χ1n) is 6.07. The smallest absolute Gasteiger partial charge is 0.0794 e. The van der Waals surface area contributed by atoms with Gasteiger partial charge in [-0.05, 0) is 42.4 Å². The van der Waals surface area contributed by atoms with Crippen LogP contribution in [-0.4, -0.2) is 4.98 Å². The summed E-state index contributed by atoms with van der Waals surface area (Å²) in [7, 11) is 0. The van der Waals surface area contributed by atoms with E-state index in [9.17, 15) is 0 Å². The summed E-state index contributed by atoms with van der Waals surface area (Å²) in [5, 5.41) is 0. The highest BCUT2D eigenvalue weighted by Gasteiger charge is 2.13. The van der Waals surface area contributed by atoms with Crippen molar-refractivity contribution in [2.24, 2.45) is 5.73 Å². The Kier molecular flexibility index (Phi) is 2.95. The molecule has 0 saturated carbocycles. The van der Waals surface area contributed by atoms with Crippen LogP contribution >= 0.6 is 11.3 Å². The van der Waals surface area contributed by atoms with E-state index in [0.29, 0.717) is 0 Å². The Morgan fingerprint density at radius 2 is 2.18 bits per heavy atom. The molecule has 88 valence electrons. The van der Waals surface area contributed by atoms with Crippen LogP contribution in [0.3, 0.4) is 0 Å². The van der Waals surface area contributed by atoms with E-state index in [1.54, 1.807) is 11.3 Å².